The van der Waals surface area contributed by atoms with Crippen LogP contribution >= 0.6 is 0 Å². The molecule has 0 amide bonds. The smallest absolute Gasteiger partial charge is 0.406 e. The number of hydrogen-bond donors (Lipinski definition) is 1. The van der Waals surface area contributed by atoms with Gasteiger partial charge in [-0.05, 0) is 37.2 Å². The number of aryl methyl sites for hydroxylation is 1. The minimum atomic E-state index is -4.74. The van der Waals surface area contributed by atoms with Gasteiger partial charge in [-0.1, -0.05) is 48.9 Å². The lowest BCUT2D eigenvalue weighted by Crippen LogP contribution is -2.63. The molecule has 1 fully saturated rings. The molecule has 1 N–H and O–H groups in total. The molecule has 1 aliphatic rings. The number of halogens is 3. The Morgan fingerprint density at radius 1 is 0.962 bits per heavy atom. The summed E-state index contributed by atoms with van der Waals surface area (Å²) in [6, 6.07) is 13.1. The maximum absolute atomic E-state index is 12.4. The number of ether oxygens (including phenoxy) is 1. The minimum Gasteiger partial charge on any atom is -0.406 e. The Bertz CT molecular complexity index is 765. The van der Waals surface area contributed by atoms with E-state index in [0.29, 0.717) is 18.7 Å². The van der Waals surface area contributed by atoms with Gasteiger partial charge in [-0.2, -0.15) is 0 Å². The lowest BCUT2D eigenvalue weighted by Gasteiger charge is -2.56. The Morgan fingerprint density at radius 3 is 1.85 bits per heavy atom. The number of alkyl halides is 3. The molecule has 1 aliphatic heterocycles. The van der Waals surface area contributed by atoms with Crippen LogP contribution in [0.3, 0.4) is 0 Å². The molecule has 3 nitrogen and oxygen atoms in total. The normalized spacial score (nSPS) is 19.5. The van der Waals surface area contributed by atoms with E-state index in [-0.39, 0.29) is 5.75 Å². The molecule has 2 aromatic rings. The summed E-state index contributed by atoms with van der Waals surface area (Å²) in [4.78, 5) is 2.10. The van der Waals surface area contributed by atoms with Gasteiger partial charge >= 0.3 is 6.36 Å². The number of rotatable bonds is 4. The zero-order valence-electron chi connectivity index (χ0n) is 15.0. The Kier molecular flexibility index (Phi) is 4.53. The van der Waals surface area contributed by atoms with Crippen molar-refractivity contribution in [3.05, 3.63) is 65.2 Å². The number of likely N-dealkylation sites (tertiary alicyclic amines) is 1. The second-order valence-electron chi connectivity index (χ2n) is 7.38. The fourth-order valence-electron chi connectivity index (χ4n) is 3.93. The monoisotopic (exact) mass is 365 g/mol. The first-order chi connectivity index (χ1) is 12.0. The molecule has 0 saturated carbocycles. The van der Waals surface area contributed by atoms with Crippen molar-refractivity contribution in [2.75, 3.05) is 20.1 Å². The van der Waals surface area contributed by atoms with Crippen LogP contribution in [0.1, 0.15) is 23.6 Å². The topological polar surface area (TPSA) is 32.7 Å². The molecule has 1 atom stereocenters. The molecule has 0 aliphatic carbocycles. The van der Waals surface area contributed by atoms with E-state index in [1.165, 1.54) is 24.3 Å². The number of hydrogen-bond acceptors (Lipinski definition) is 3. The fourth-order valence-corrected chi connectivity index (χ4v) is 3.93. The van der Waals surface area contributed by atoms with Crippen molar-refractivity contribution in [3.63, 3.8) is 0 Å². The summed E-state index contributed by atoms with van der Waals surface area (Å²) in [6.07, 6.45) is -4.74. The highest BCUT2D eigenvalue weighted by atomic mass is 19.4. The molecule has 1 unspecified atom stereocenters. The van der Waals surface area contributed by atoms with Crippen molar-refractivity contribution in [1.29, 1.82) is 0 Å². The Balaban J connectivity index is 2.03. The van der Waals surface area contributed by atoms with Gasteiger partial charge in [0.25, 0.3) is 0 Å². The first kappa shape index (κ1) is 18.7. The highest BCUT2D eigenvalue weighted by Gasteiger charge is 2.55. The highest BCUT2D eigenvalue weighted by Crippen LogP contribution is 2.50. The average molecular weight is 365 g/mol. The largest absolute Gasteiger partial charge is 0.573 e. The molecule has 140 valence electrons. The van der Waals surface area contributed by atoms with E-state index in [1.54, 1.807) is 0 Å². The number of nitrogens with zero attached hydrogens (tertiary/aromatic N) is 1. The van der Waals surface area contributed by atoms with Crippen LogP contribution in [0.5, 0.6) is 5.75 Å². The molecule has 0 bridgehead atoms. The maximum atomic E-state index is 12.4. The predicted octanol–water partition coefficient (Wildman–Crippen LogP) is 4.08. The zero-order valence-corrected chi connectivity index (χ0v) is 15.0. The van der Waals surface area contributed by atoms with E-state index in [2.05, 4.69) is 9.64 Å². The van der Waals surface area contributed by atoms with Gasteiger partial charge in [0.05, 0.1) is 0 Å². The van der Waals surface area contributed by atoms with E-state index < -0.39 is 17.4 Å². The minimum absolute atomic E-state index is 0.302. The van der Waals surface area contributed by atoms with Gasteiger partial charge in [0.15, 0.2) is 0 Å². The Hall–Kier alpha value is -2.05. The van der Waals surface area contributed by atoms with Crippen molar-refractivity contribution in [2.24, 2.45) is 5.41 Å². The highest BCUT2D eigenvalue weighted by molar-refractivity contribution is 5.43. The second-order valence-corrected chi connectivity index (χ2v) is 7.38. The first-order valence-electron chi connectivity index (χ1n) is 8.38. The summed E-state index contributed by atoms with van der Waals surface area (Å²) < 4.78 is 41.1. The molecule has 1 heterocycles. The van der Waals surface area contributed by atoms with Crippen LogP contribution < -0.4 is 4.74 Å². The third kappa shape index (κ3) is 3.31. The lowest BCUT2D eigenvalue weighted by atomic mass is 9.62. The molecule has 0 aromatic heterocycles. The quantitative estimate of drug-likeness (QED) is 0.886. The van der Waals surface area contributed by atoms with Gasteiger partial charge in [-0.15, -0.1) is 13.2 Å². The molecule has 2 aromatic carbocycles. The predicted molar refractivity (Wildman–Crippen MR) is 92.9 cm³/mol. The van der Waals surface area contributed by atoms with E-state index in [9.17, 15) is 18.3 Å². The summed E-state index contributed by atoms with van der Waals surface area (Å²) in [7, 11) is 1.97. The molecule has 6 heteroatoms. The molecule has 1 saturated heterocycles. The number of benzene rings is 2. The maximum Gasteiger partial charge on any atom is 0.573 e. The van der Waals surface area contributed by atoms with Crippen LogP contribution in [-0.2, 0) is 5.60 Å². The van der Waals surface area contributed by atoms with Crippen molar-refractivity contribution in [2.45, 2.75) is 25.8 Å². The van der Waals surface area contributed by atoms with Crippen molar-refractivity contribution in [3.8, 4) is 5.75 Å². The van der Waals surface area contributed by atoms with E-state index >= 15 is 0 Å². The van der Waals surface area contributed by atoms with E-state index in [0.717, 1.165) is 11.1 Å². The second kappa shape index (κ2) is 6.28. The molecule has 26 heavy (non-hydrogen) atoms. The van der Waals surface area contributed by atoms with Crippen molar-refractivity contribution in [1.82, 2.24) is 4.90 Å². The Morgan fingerprint density at radius 2 is 1.42 bits per heavy atom. The lowest BCUT2D eigenvalue weighted by molar-refractivity contribution is -0.274. The molecule has 3 rings (SSSR count). The van der Waals surface area contributed by atoms with Crippen LogP contribution in [0.2, 0.25) is 0 Å². The van der Waals surface area contributed by atoms with Gasteiger partial charge in [0, 0.05) is 18.5 Å². The van der Waals surface area contributed by atoms with E-state index in [4.69, 9.17) is 0 Å². The summed E-state index contributed by atoms with van der Waals surface area (Å²) in [5, 5.41) is 11.8. The molecule has 0 radical (unpaired) electrons. The third-order valence-electron chi connectivity index (χ3n) is 5.09. The van der Waals surface area contributed by atoms with Crippen LogP contribution in [-0.4, -0.2) is 36.5 Å². The number of aliphatic hydroxyl groups is 1. The van der Waals surface area contributed by atoms with Crippen molar-refractivity contribution >= 4 is 0 Å². The fraction of sp³-hybridized carbons (Fsp3) is 0.400. The summed E-state index contributed by atoms with van der Waals surface area (Å²) >= 11 is 0. The summed E-state index contributed by atoms with van der Waals surface area (Å²) in [6.45, 7) is 5.31. The molecule has 0 spiro atoms. The Labute approximate surface area is 151 Å². The van der Waals surface area contributed by atoms with E-state index in [1.807, 2.05) is 45.2 Å². The summed E-state index contributed by atoms with van der Waals surface area (Å²) in [5.74, 6) is -0.302. The van der Waals surface area contributed by atoms with Gasteiger partial charge in [-0.25, -0.2) is 0 Å². The van der Waals surface area contributed by atoms with Gasteiger partial charge in [0.1, 0.15) is 11.4 Å². The van der Waals surface area contributed by atoms with Crippen LogP contribution in [0.15, 0.2) is 48.5 Å². The van der Waals surface area contributed by atoms with Crippen LogP contribution in [0.4, 0.5) is 13.2 Å². The molecular formula is C20H22F3NO2. The average Bonchev–Trinajstić information content (AvgIpc) is 2.52. The SMILES string of the molecule is Cc1ccc(C(O)(c2ccc(OC(F)(F)F)cc2)C2(C)CN(C)C2)cc1. The van der Waals surface area contributed by atoms with Gasteiger partial charge < -0.3 is 14.7 Å². The summed E-state index contributed by atoms with van der Waals surface area (Å²) in [5.41, 5.74) is 0.573. The van der Waals surface area contributed by atoms with Gasteiger partial charge in [-0.3, -0.25) is 0 Å². The van der Waals surface area contributed by atoms with Gasteiger partial charge in [0.2, 0.25) is 0 Å². The van der Waals surface area contributed by atoms with Crippen LogP contribution in [0, 0.1) is 12.3 Å². The first-order valence-corrected chi connectivity index (χ1v) is 8.38. The van der Waals surface area contributed by atoms with Crippen LogP contribution in [0.25, 0.3) is 0 Å². The standard InChI is InChI=1S/C20H22F3NO2/c1-14-4-6-15(7-5-14)19(25,18(2)12-24(3)13-18)16-8-10-17(11-9-16)26-20(21,22)23/h4-11,25H,12-13H2,1-3H3. The molecular weight excluding hydrogens is 343 g/mol. The van der Waals surface area contributed by atoms with Crippen molar-refractivity contribution < 1.29 is 23.0 Å². The third-order valence-corrected chi connectivity index (χ3v) is 5.09. The zero-order chi connectivity index (χ0) is 19.2.